The highest BCUT2D eigenvalue weighted by molar-refractivity contribution is 6.09. The second-order valence-corrected chi connectivity index (χ2v) is 15.7. The van der Waals surface area contributed by atoms with Gasteiger partial charge in [0.1, 0.15) is 11.2 Å². The molecular weight excluding hydrogens is 757 g/mol. The van der Waals surface area contributed by atoms with Gasteiger partial charge in [-0.1, -0.05) is 152 Å². The number of rotatable bonds is 7. The Balaban J connectivity index is 1.02. The Bertz CT molecular complexity index is 3490. The fourth-order valence-corrected chi connectivity index (χ4v) is 8.69. The van der Waals surface area contributed by atoms with E-state index in [1.807, 2.05) is 36.4 Å². The highest BCUT2D eigenvalue weighted by Crippen LogP contribution is 2.38. The molecule has 0 amide bonds. The maximum Gasteiger partial charge on any atom is 0.164 e. The molecule has 0 bridgehead atoms. The second kappa shape index (κ2) is 14.7. The molecule has 0 aliphatic heterocycles. The van der Waals surface area contributed by atoms with Crippen LogP contribution in [0.4, 0.5) is 0 Å². The first-order valence-corrected chi connectivity index (χ1v) is 20.8. The number of hydrogen-bond donors (Lipinski definition) is 1. The van der Waals surface area contributed by atoms with Gasteiger partial charge in [0.25, 0.3) is 0 Å². The van der Waals surface area contributed by atoms with Gasteiger partial charge in [0.05, 0.1) is 0 Å². The highest BCUT2D eigenvalue weighted by Gasteiger charge is 2.17. The summed E-state index contributed by atoms with van der Waals surface area (Å²) in [7, 11) is 0. The van der Waals surface area contributed by atoms with Crippen molar-refractivity contribution in [1.82, 2.24) is 19.9 Å². The summed E-state index contributed by atoms with van der Waals surface area (Å²) in [4.78, 5) is 19.1. The maximum atomic E-state index is 6.23. The van der Waals surface area contributed by atoms with Crippen LogP contribution in [0, 0.1) is 0 Å². The average Bonchev–Trinajstić information content (AvgIpc) is 3.92. The molecule has 0 unspecified atom stereocenters. The number of aromatic nitrogens is 4. The van der Waals surface area contributed by atoms with Crippen LogP contribution in [0.15, 0.2) is 217 Å². The molecule has 3 heterocycles. The van der Waals surface area contributed by atoms with Gasteiger partial charge in [-0.05, 0) is 105 Å². The fraction of sp³-hybridized carbons (Fsp3) is 0. The Morgan fingerprint density at radius 3 is 1.42 bits per heavy atom. The number of H-pyrrole nitrogens is 1. The van der Waals surface area contributed by atoms with E-state index in [4.69, 9.17) is 19.4 Å². The van der Waals surface area contributed by atoms with Gasteiger partial charge < -0.3 is 9.40 Å². The Kier molecular flexibility index (Phi) is 8.42. The van der Waals surface area contributed by atoms with E-state index in [9.17, 15) is 0 Å². The van der Waals surface area contributed by atoms with Crippen molar-refractivity contribution in [3.8, 4) is 78.7 Å². The molecule has 290 valence electrons. The largest absolute Gasteiger partial charge is 0.456 e. The molecule has 0 radical (unpaired) electrons. The number of aromatic amines is 1. The van der Waals surface area contributed by atoms with E-state index in [1.54, 1.807) is 0 Å². The van der Waals surface area contributed by atoms with Gasteiger partial charge >= 0.3 is 0 Å². The first-order valence-electron chi connectivity index (χ1n) is 20.8. The van der Waals surface area contributed by atoms with Crippen LogP contribution in [0.5, 0.6) is 0 Å². The van der Waals surface area contributed by atoms with Crippen molar-refractivity contribution in [3.05, 3.63) is 212 Å². The third kappa shape index (κ3) is 6.40. The van der Waals surface area contributed by atoms with Crippen LogP contribution in [-0.2, 0) is 0 Å². The van der Waals surface area contributed by atoms with Crippen LogP contribution in [-0.4, -0.2) is 19.9 Å². The van der Waals surface area contributed by atoms with Gasteiger partial charge in [-0.15, -0.1) is 0 Å². The van der Waals surface area contributed by atoms with Crippen molar-refractivity contribution >= 4 is 43.7 Å². The molecule has 12 rings (SSSR count). The van der Waals surface area contributed by atoms with Crippen LogP contribution < -0.4 is 0 Å². The number of para-hydroxylation sites is 2. The summed E-state index contributed by atoms with van der Waals surface area (Å²) in [5.41, 5.74) is 15.6. The van der Waals surface area contributed by atoms with E-state index in [0.29, 0.717) is 17.5 Å². The van der Waals surface area contributed by atoms with Gasteiger partial charge in [-0.3, -0.25) is 0 Å². The van der Waals surface area contributed by atoms with Crippen LogP contribution in [0.2, 0.25) is 0 Å². The molecule has 0 atom stereocenters. The van der Waals surface area contributed by atoms with Gasteiger partial charge in [0.15, 0.2) is 17.5 Å². The van der Waals surface area contributed by atoms with E-state index in [0.717, 1.165) is 83.0 Å². The van der Waals surface area contributed by atoms with Gasteiger partial charge in [-0.25, -0.2) is 15.0 Å². The third-order valence-electron chi connectivity index (χ3n) is 11.9. The van der Waals surface area contributed by atoms with E-state index in [1.165, 1.54) is 21.9 Å². The molecule has 0 aliphatic rings. The summed E-state index contributed by atoms with van der Waals surface area (Å²) < 4.78 is 6.23. The summed E-state index contributed by atoms with van der Waals surface area (Å²) in [6.07, 6.45) is 0. The van der Waals surface area contributed by atoms with Crippen LogP contribution in [0.1, 0.15) is 0 Å². The Labute approximate surface area is 357 Å². The zero-order valence-electron chi connectivity index (χ0n) is 33.5. The lowest BCUT2D eigenvalue weighted by Crippen LogP contribution is -2.00. The predicted molar refractivity (Wildman–Crippen MR) is 255 cm³/mol. The minimum atomic E-state index is 0.597. The van der Waals surface area contributed by atoms with E-state index in [2.05, 4.69) is 181 Å². The van der Waals surface area contributed by atoms with E-state index < -0.39 is 0 Å². The third-order valence-corrected chi connectivity index (χ3v) is 11.9. The summed E-state index contributed by atoms with van der Waals surface area (Å²) in [6, 6.07) is 74.3. The zero-order chi connectivity index (χ0) is 41.0. The highest BCUT2D eigenvalue weighted by atomic mass is 16.3. The van der Waals surface area contributed by atoms with E-state index >= 15 is 0 Å². The van der Waals surface area contributed by atoms with Crippen molar-refractivity contribution in [3.63, 3.8) is 0 Å². The predicted octanol–water partition coefficient (Wildman–Crippen LogP) is 15.1. The van der Waals surface area contributed by atoms with Crippen LogP contribution in [0.25, 0.3) is 122 Å². The lowest BCUT2D eigenvalue weighted by atomic mass is 9.94. The first-order chi connectivity index (χ1) is 30.7. The molecular formula is C57H36N4O. The number of furan rings is 1. The summed E-state index contributed by atoms with van der Waals surface area (Å²) in [6.45, 7) is 0. The first kappa shape index (κ1) is 35.5. The van der Waals surface area contributed by atoms with Crippen molar-refractivity contribution < 1.29 is 4.42 Å². The SMILES string of the molecule is c1ccc(-c2cccc(-c3ccc(-c4nc(-c5ccccc5)nc(-c5cc(-c6ccc7[nH]c8ccccc8c7c6)cc(-c6ccc7oc8ccccc8c7c6)c5)n4)cc3)c2)cc1. The van der Waals surface area contributed by atoms with Gasteiger partial charge in [0, 0.05) is 49.3 Å². The van der Waals surface area contributed by atoms with E-state index in [-0.39, 0.29) is 0 Å². The van der Waals surface area contributed by atoms with Crippen molar-refractivity contribution in [2.24, 2.45) is 0 Å². The molecule has 1 N–H and O–H groups in total. The van der Waals surface area contributed by atoms with Gasteiger partial charge in [0.2, 0.25) is 0 Å². The molecule has 5 heteroatoms. The number of hydrogen-bond acceptors (Lipinski definition) is 4. The van der Waals surface area contributed by atoms with Crippen LogP contribution in [0.3, 0.4) is 0 Å². The number of nitrogens with zero attached hydrogens (tertiary/aromatic N) is 3. The minimum Gasteiger partial charge on any atom is -0.456 e. The molecule has 5 nitrogen and oxygen atoms in total. The lowest BCUT2D eigenvalue weighted by molar-refractivity contribution is 0.669. The van der Waals surface area contributed by atoms with Gasteiger partial charge in [-0.2, -0.15) is 0 Å². The monoisotopic (exact) mass is 792 g/mol. The molecule has 9 aromatic carbocycles. The molecule has 12 aromatic rings. The molecule has 0 fully saturated rings. The summed E-state index contributed by atoms with van der Waals surface area (Å²) >= 11 is 0. The summed E-state index contributed by atoms with van der Waals surface area (Å²) in [5, 5.41) is 4.55. The maximum absolute atomic E-state index is 6.23. The smallest absolute Gasteiger partial charge is 0.164 e. The quantitative estimate of drug-likeness (QED) is 0.175. The molecule has 0 saturated carbocycles. The molecule has 0 saturated heterocycles. The molecule has 0 spiro atoms. The Morgan fingerprint density at radius 1 is 0.258 bits per heavy atom. The number of fused-ring (bicyclic) bond motifs is 6. The minimum absolute atomic E-state index is 0.597. The lowest BCUT2D eigenvalue weighted by Gasteiger charge is -2.13. The fourth-order valence-electron chi connectivity index (χ4n) is 8.69. The Hall–Kier alpha value is -8.41. The molecule has 3 aromatic heterocycles. The Morgan fingerprint density at radius 2 is 0.694 bits per heavy atom. The second-order valence-electron chi connectivity index (χ2n) is 15.7. The topological polar surface area (TPSA) is 67.6 Å². The summed E-state index contributed by atoms with van der Waals surface area (Å²) in [5.74, 6) is 1.82. The normalized spacial score (nSPS) is 11.5. The molecule has 62 heavy (non-hydrogen) atoms. The number of benzene rings is 9. The zero-order valence-corrected chi connectivity index (χ0v) is 33.5. The van der Waals surface area contributed by atoms with Crippen molar-refractivity contribution in [2.75, 3.05) is 0 Å². The van der Waals surface area contributed by atoms with Crippen molar-refractivity contribution in [2.45, 2.75) is 0 Å². The van der Waals surface area contributed by atoms with Crippen molar-refractivity contribution in [1.29, 1.82) is 0 Å². The standard InChI is InChI=1S/C57H36N4O/c1-3-12-36(13-4-1)40-16-11-17-41(30-40)37-22-24-39(25-23-37)56-59-55(38-14-5-2-6-15-38)60-57(61-56)46-32-44(42-26-28-52-49(34-42)47-18-7-9-20-51(47)58-52)31-45(33-46)43-27-29-54-50(35-43)48-19-8-10-21-53(48)62-54/h1-35,58H. The number of nitrogens with one attached hydrogen (secondary N) is 1. The average molecular weight is 793 g/mol. The van der Waals surface area contributed by atoms with Crippen LogP contribution >= 0.6 is 0 Å². The molecule has 0 aliphatic carbocycles.